The molecule has 0 aliphatic carbocycles. The molecule has 0 spiro atoms. The topological polar surface area (TPSA) is 4.93 Å². The van der Waals surface area contributed by atoms with E-state index in [4.69, 9.17) is 0 Å². The number of hydrogen-bond acceptors (Lipinski definition) is 0. The molecule has 0 atom stereocenters. The van der Waals surface area contributed by atoms with Gasteiger partial charge in [0.1, 0.15) is 0 Å². The normalized spacial score (nSPS) is 11.7. The fourth-order valence-corrected chi connectivity index (χ4v) is 7.15. The summed E-state index contributed by atoms with van der Waals surface area (Å²) in [5, 5.41) is 10.3. The van der Waals surface area contributed by atoms with E-state index < -0.39 is 0 Å². The summed E-state index contributed by atoms with van der Waals surface area (Å²) < 4.78 is 2.40. The third-order valence-corrected chi connectivity index (χ3v) is 8.95. The van der Waals surface area contributed by atoms with E-state index in [9.17, 15) is 0 Å². The van der Waals surface area contributed by atoms with Crippen molar-refractivity contribution < 1.29 is 0 Å². The van der Waals surface area contributed by atoms with Crippen molar-refractivity contribution in [3.8, 4) is 27.9 Å². The van der Waals surface area contributed by atoms with Crippen LogP contribution in [-0.2, 0) is 0 Å². The standard InChI is InChI=1S/C42H27N/c1-3-14-28(15-4-1)37-26-29(27-38-34-20-8-7-18-32(34)33-19-9-10-21-35(33)41(37)38)31-23-13-25-40-42(31)36-22-11-12-24-39(36)43(40)30-16-5-2-6-17-30/h1-27H. The van der Waals surface area contributed by atoms with Crippen LogP contribution in [0.25, 0.3) is 82.1 Å². The molecular formula is C42H27N. The largest absolute Gasteiger partial charge is 0.309 e. The van der Waals surface area contributed by atoms with Crippen molar-refractivity contribution >= 4 is 54.1 Å². The van der Waals surface area contributed by atoms with E-state index in [2.05, 4.69) is 168 Å². The van der Waals surface area contributed by atoms with Gasteiger partial charge in [0.25, 0.3) is 0 Å². The highest BCUT2D eigenvalue weighted by Crippen LogP contribution is 2.45. The summed E-state index contributed by atoms with van der Waals surface area (Å²) >= 11 is 0. The minimum atomic E-state index is 1.17. The fourth-order valence-electron chi connectivity index (χ4n) is 7.15. The van der Waals surface area contributed by atoms with Gasteiger partial charge >= 0.3 is 0 Å². The van der Waals surface area contributed by atoms with Crippen LogP contribution in [0.1, 0.15) is 0 Å². The maximum atomic E-state index is 2.43. The Morgan fingerprint density at radius 2 is 0.860 bits per heavy atom. The second kappa shape index (κ2) is 9.44. The van der Waals surface area contributed by atoms with E-state index in [0.29, 0.717) is 0 Å². The lowest BCUT2D eigenvalue weighted by molar-refractivity contribution is 1.18. The molecule has 0 saturated carbocycles. The molecule has 1 nitrogen and oxygen atoms in total. The molecule has 0 bridgehead atoms. The SMILES string of the molecule is c1ccc(-c2cc(-c3cccc4c3c3ccccc3n4-c3ccccc3)cc3c4ccccc4c4ccccc4c23)cc1. The molecule has 1 heteroatoms. The van der Waals surface area contributed by atoms with E-state index in [-0.39, 0.29) is 0 Å². The quantitative estimate of drug-likeness (QED) is 0.195. The summed E-state index contributed by atoms with van der Waals surface area (Å²) in [6, 6.07) is 59.7. The Morgan fingerprint density at radius 1 is 0.302 bits per heavy atom. The molecule has 1 aromatic heterocycles. The zero-order chi connectivity index (χ0) is 28.3. The van der Waals surface area contributed by atoms with Gasteiger partial charge in [-0.1, -0.05) is 127 Å². The number of rotatable bonds is 3. The fraction of sp³-hybridized carbons (Fsp3) is 0. The maximum absolute atomic E-state index is 2.43. The molecule has 0 unspecified atom stereocenters. The average molecular weight is 546 g/mol. The first-order chi connectivity index (χ1) is 21.4. The molecule has 0 N–H and O–H groups in total. The molecule has 0 amide bonds. The van der Waals surface area contributed by atoms with Crippen LogP contribution in [0.5, 0.6) is 0 Å². The van der Waals surface area contributed by atoms with Gasteiger partial charge in [0.2, 0.25) is 0 Å². The first kappa shape index (κ1) is 24.0. The van der Waals surface area contributed by atoms with Gasteiger partial charge in [-0.05, 0) is 91.0 Å². The molecule has 9 aromatic rings. The molecule has 8 aromatic carbocycles. The molecule has 200 valence electrons. The number of hydrogen-bond donors (Lipinski definition) is 0. The van der Waals surface area contributed by atoms with Crippen molar-refractivity contribution in [3.63, 3.8) is 0 Å². The third-order valence-electron chi connectivity index (χ3n) is 8.95. The summed E-state index contributed by atoms with van der Waals surface area (Å²) in [7, 11) is 0. The van der Waals surface area contributed by atoms with Crippen molar-refractivity contribution in [2.75, 3.05) is 0 Å². The van der Waals surface area contributed by atoms with Gasteiger partial charge in [-0.25, -0.2) is 0 Å². The van der Waals surface area contributed by atoms with Gasteiger partial charge in [0.05, 0.1) is 11.0 Å². The number of para-hydroxylation sites is 2. The van der Waals surface area contributed by atoms with E-state index in [1.807, 2.05) is 0 Å². The van der Waals surface area contributed by atoms with E-state index in [0.717, 1.165) is 0 Å². The van der Waals surface area contributed by atoms with E-state index in [1.54, 1.807) is 0 Å². The lowest BCUT2D eigenvalue weighted by Crippen LogP contribution is -1.93. The van der Waals surface area contributed by atoms with Gasteiger partial charge in [-0.2, -0.15) is 0 Å². The second-order valence-electron chi connectivity index (χ2n) is 11.3. The monoisotopic (exact) mass is 545 g/mol. The first-order valence-corrected chi connectivity index (χ1v) is 14.9. The predicted molar refractivity (Wildman–Crippen MR) is 184 cm³/mol. The minimum Gasteiger partial charge on any atom is -0.309 e. The second-order valence-corrected chi connectivity index (χ2v) is 11.3. The van der Waals surface area contributed by atoms with Crippen LogP contribution in [-0.4, -0.2) is 4.57 Å². The minimum absolute atomic E-state index is 1.17. The van der Waals surface area contributed by atoms with E-state index in [1.165, 1.54) is 82.1 Å². The number of benzene rings is 8. The highest BCUT2D eigenvalue weighted by molar-refractivity contribution is 6.29. The zero-order valence-electron chi connectivity index (χ0n) is 23.5. The van der Waals surface area contributed by atoms with Gasteiger partial charge in [-0.15, -0.1) is 0 Å². The highest BCUT2D eigenvalue weighted by Gasteiger charge is 2.19. The van der Waals surface area contributed by atoms with Gasteiger partial charge in [0.15, 0.2) is 0 Å². The zero-order valence-corrected chi connectivity index (χ0v) is 23.5. The Bertz CT molecular complexity index is 2480. The molecular weight excluding hydrogens is 518 g/mol. The number of nitrogens with zero attached hydrogens (tertiary/aromatic N) is 1. The van der Waals surface area contributed by atoms with Crippen LogP contribution in [0.4, 0.5) is 0 Å². The van der Waals surface area contributed by atoms with Gasteiger partial charge < -0.3 is 4.57 Å². The Hall–Kier alpha value is -5.66. The summed E-state index contributed by atoms with van der Waals surface area (Å²) in [6.07, 6.45) is 0. The summed E-state index contributed by atoms with van der Waals surface area (Å²) in [6.45, 7) is 0. The molecule has 0 aliphatic heterocycles. The van der Waals surface area contributed by atoms with Crippen LogP contribution in [0.15, 0.2) is 164 Å². The Labute approximate surface area is 249 Å². The first-order valence-electron chi connectivity index (χ1n) is 14.9. The number of aromatic nitrogens is 1. The van der Waals surface area contributed by atoms with Crippen LogP contribution in [0.2, 0.25) is 0 Å². The van der Waals surface area contributed by atoms with Crippen molar-refractivity contribution in [3.05, 3.63) is 164 Å². The van der Waals surface area contributed by atoms with E-state index >= 15 is 0 Å². The Morgan fingerprint density at radius 3 is 1.60 bits per heavy atom. The van der Waals surface area contributed by atoms with Crippen molar-refractivity contribution in [2.45, 2.75) is 0 Å². The van der Waals surface area contributed by atoms with Crippen molar-refractivity contribution in [2.24, 2.45) is 0 Å². The molecule has 0 aliphatic rings. The third kappa shape index (κ3) is 3.58. The Kier molecular flexibility index (Phi) is 5.27. The smallest absolute Gasteiger partial charge is 0.0547 e. The maximum Gasteiger partial charge on any atom is 0.0547 e. The van der Waals surface area contributed by atoms with Crippen LogP contribution in [0.3, 0.4) is 0 Å². The van der Waals surface area contributed by atoms with Gasteiger partial charge in [0, 0.05) is 16.5 Å². The molecule has 1 heterocycles. The summed E-state index contributed by atoms with van der Waals surface area (Å²) in [4.78, 5) is 0. The molecule has 0 radical (unpaired) electrons. The van der Waals surface area contributed by atoms with Crippen molar-refractivity contribution in [1.82, 2.24) is 4.57 Å². The summed E-state index contributed by atoms with van der Waals surface area (Å²) in [5.74, 6) is 0. The molecule has 9 rings (SSSR count). The predicted octanol–water partition coefficient (Wildman–Crippen LogP) is 11.6. The van der Waals surface area contributed by atoms with Crippen LogP contribution >= 0.6 is 0 Å². The number of fused-ring (bicyclic) bond motifs is 9. The molecule has 0 fully saturated rings. The lowest BCUT2D eigenvalue weighted by atomic mass is 9.86. The lowest BCUT2D eigenvalue weighted by Gasteiger charge is -2.17. The molecule has 43 heavy (non-hydrogen) atoms. The Balaban J connectivity index is 1.46. The van der Waals surface area contributed by atoms with Crippen LogP contribution in [0, 0.1) is 0 Å². The highest BCUT2D eigenvalue weighted by atomic mass is 15.0. The average Bonchev–Trinajstić information content (AvgIpc) is 3.43. The van der Waals surface area contributed by atoms with Gasteiger partial charge in [-0.3, -0.25) is 0 Å². The van der Waals surface area contributed by atoms with Crippen LogP contribution < -0.4 is 0 Å². The molecule has 0 saturated heterocycles. The summed E-state index contributed by atoms with van der Waals surface area (Å²) in [5.41, 5.74) is 8.58. The van der Waals surface area contributed by atoms with Crippen molar-refractivity contribution in [1.29, 1.82) is 0 Å².